The van der Waals surface area contributed by atoms with E-state index in [1.807, 2.05) is 0 Å². The third kappa shape index (κ3) is 4.46. The van der Waals surface area contributed by atoms with Crippen LogP contribution in [0.15, 0.2) is 18.2 Å². The number of alkyl halides is 3. The number of primary amides is 1. The molecular weight excluding hydrogens is 435 g/mol. The maximum atomic E-state index is 13.3. The second-order valence-electron chi connectivity index (χ2n) is 7.01. The molecule has 0 radical (unpaired) electrons. The van der Waals surface area contributed by atoms with Crippen molar-refractivity contribution < 1.29 is 22.8 Å². The molecule has 1 fully saturated rings. The van der Waals surface area contributed by atoms with Crippen molar-refractivity contribution in [3.05, 3.63) is 34.3 Å². The predicted molar refractivity (Wildman–Crippen MR) is 109 cm³/mol. The van der Waals surface area contributed by atoms with Crippen LogP contribution >= 0.6 is 11.6 Å². The first kappa shape index (κ1) is 22.5. The minimum absolute atomic E-state index is 0.0156. The van der Waals surface area contributed by atoms with E-state index in [9.17, 15) is 22.8 Å². The molecule has 0 saturated carbocycles. The van der Waals surface area contributed by atoms with Gasteiger partial charge in [0.25, 0.3) is 11.8 Å². The largest absolute Gasteiger partial charge is 0.417 e. The molecule has 11 heteroatoms. The molecule has 0 atom stereocenters. The Morgan fingerprint density at radius 3 is 2.45 bits per heavy atom. The normalized spacial score (nSPS) is 14.8. The highest BCUT2D eigenvalue weighted by molar-refractivity contribution is 6.31. The molecule has 0 unspecified atom stereocenters. The first-order valence-electron chi connectivity index (χ1n) is 9.31. The van der Waals surface area contributed by atoms with Gasteiger partial charge < -0.3 is 16.4 Å². The fourth-order valence-electron chi connectivity index (χ4n) is 3.56. The molecule has 31 heavy (non-hydrogen) atoms. The number of nitrogens with two attached hydrogens (primary N) is 2. The lowest BCUT2D eigenvalue weighted by atomic mass is 10.0. The first-order chi connectivity index (χ1) is 14.5. The third-order valence-corrected chi connectivity index (χ3v) is 5.40. The van der Waals surface area contributed by atoms with Crippen molar-refractivity contribution in [3.8, 4) is 23.1 Å². The van der Waals surface area contributed by atoms with E-state index in [1.165, 1.54) is 10.7 Å². The molecule has 2 amide bonds. The van der Waals surface area contributed by atoms with Crippen LogP contribution in [0.2, 0.25) is 5.02 Å². The van der Waals surface area contributed by atoms with Crippen LogP contribution in [-0.4, -0.2) is 39.6 Å². The topological polar surface area (TPSA) is 107 Å². The zero-order valence-corrected chi connectivity index (χ0v) is 17.2. The lowest BCUT2D eigenvalue weighted by molar-refractivity contribution is -0.137. The summed E-state index contributed by atoms with van der Waals surface area (Å²) in [6.45, 7) is 2.37. The van der Waals surface area contributed by atoms with E-state index in [2.05, 4.69) is 16.9 Å². The van der Waals surface area contributed by atoms with Crippen molar-refractivity contribution in [1.29, 1.82) is 0 Å². The Morgan fingerprint density at radius 1 is 1.26 bits per heavy atom. The number of carbonyl (C=O) groups excluding carboxylic acids is 2. The number of nitrogen functional groups attached to an aromatic ring is 1. The van der Waals surface area contributed by atoms with Crippen molar-refractivity contribution in [3.63, 3.8) is 0 Å². The molecular formula is C20H19ClF3N5O2. The molecule has 7 nitrogen and oxygen atoms in total. The highest BCUT2D eigenvalue weighted by Crippen LogP contribution is 2.39. The SMILES string of the molecule is CC#CC(=O)N1CCC(n2nc(-c3ccc(Cl)c(C(F)(F)F)c3)c(C(N)=O)c2N)CC1. The molecule has 0 bridgehead atoms. The van der Waals surface area contributed by atoms with Crippen molar-refractivity contribution in [1.82, 2.24) is 14.7 Å². The van der Waals surface area contributed by atoms with E-state index in [4.69, 9.17) is 23.1 Å². The number of halogens is 4. The summed E-state index contributed by atoms with van der Waals surface area (Å²) < 4.78 is 41.2. The summed E-state index contributed by atoms with van der Waals surface area (Å²) in [5.74, 6) is 3.81. The van der Waals surface area contributed by atoms with Gasteiger partial charge in [0.2, 0.25) is 0 Å². The Balaban J connectivity index is 1.98. The summed E-state index contributed by atoms with van der Waals surface area (Å²) in [5, 5.41) is 3.86. The molecule has 2 heterocycles. The van der Waals surface area contributed by atoms with Crippen LogP contribution in [0, 0.1) is 11.8 Å². The smallest absolute Gasteiger partial charge is 0.383 e. The second kappa shape index (κ2) is 8.51. The number of nitrogens with zero attached hydrogens (tertiary/aromatic N) is 3. The number of benzene rings is 1. The molecule has 1 aliphatic heterocycles. The number of anilines is 1. The van der Waals surface area contributed by atoms with Gasteiger partial charge in [0.15, 0.2) is 0 Å². The van der Waals surface area contributed by atoms with Crippen LogP contribution in [0.25, 0.3) is 11.3 Å². The van der Waals surface area contributed by atoms with Crippen LogP contribution in [0.3, 0.4) is 0 Å². The van der Waals surface area contributed by atoms with E-state index in [0.717, 1.165) is 12.1 Å². The quantitative estimate of drug-likeness (QED) is 0.696. The number of rotatable bonds is 3. The summed E-state index contributed by atoms with van der Waals surface area (Å²) in [5.41, 5.74) is 10.3. The van der Waals surface area contributed by atoms with Gasteiger partial charge in [-0.25, -0.2) is 4.68 Å². The number of hydrogen-bond acceptors (Lipinski definition) is 4. The van der Waals surface area contributed by atoms with Gasteiger partial charge >= 0.3 is 6.18 Å². The van der Waals surface area contributed by atoms with Crippen LogP contribution in [-0.2, 0) is 11.0 Å². The molecule has 3 rings (SSSR count). The number of amides is 2. The van der Waals surface area contributed by atoms with Crippen molar-refractivity contribution in [2.45, 2.75) is 32.0 Å². The average molecular weight is 454 g/mol. The minimum atomic E-state index is -4.69. The standard InChI is InChI=1S/C20H19ClF3N5O2/c1-2-3-15(30)28-8-6-12(7-9-28)29-18(25)16(19(26)31)17(27-29)11-4-5-14(21)13(10-11)20(22,23)24/h4-5,10,12H,6-9,25H2,1H3,(H2,26,31). The van der Waals surface area contributed by atoms with Crippen LogP contribution in [0.1, 0.15) is 41.7 Å². The molecule has 1 aromatic heterocycles. The Hall–Kier alpha value is -3.19. The van der Waals surface area contributed by atoms with Gasteiger partial charge in [-0.2, -0.15) is 18.3 Å². The Bertz CT molecular complexity index is 1090. The maximum Gasteiger partial charge on any atom is 0.417 e. The predicted octanol–water partition coefficient (Wildman–Crippen LogP) is 3.09. The summed E-state index contributed by atoms with van der Waals surface area (Å²) in [6, 6.07) is 2.95. The van der Waals surface area contributed by atoms with Gasteiger partial charge in [-0.15, -0.1) is 0 Å². The number of piperidine rings is 1. The van der Waals surface area contributed by atoms with E-state index in [0.29, 0.717) is 25.9 Å². The molecule has 164 valence electrons. The van der Waals surface area contributed by atoms with Gasteiger partial charge in [-0.05, 0) is 37.8 Å². The van der Waals surface area contributed by atoms with Gasteiger partial charge in [0, 0.05) is 18.7 Å². The Morgan fingerprint density at radius 2 is 1.90 bits per heavy atom. The number of hydrogen-bond donors (Lipinski definition) is 2. The minimum Gasteiger partial charge on any atom is -0.383 e. The molecule has 1 saturated heterocycles. The van der Waals surface area contributed by atoms with Crippen LogP contribution in [0.4, 0.5) is 19.0 Å². The first-order valence-corrected chi connectivity index (χ1v) is 9.69. The summed E-state index contributed by atoms with van der Waals surface area (Å²) in [7, 11) is 0. The highest BCUT2D eigenvalue weighted by Gasteiger charge is 2.35. The zero-order valence-electron chi connectivity index (χ0n) is 16.5. The van der Waals surface area contributed by atoms with Crippen LogP contribution < -0.4 is 11.5 Å². The fraction of sp³-hybridized carbons (Fsp3) is 0.350. The molecule has 0 aliphatic carbocycles. The van der Waals surface area contributed by atoms with E-state index in [-0.39, 0.29) is 34.6 Å². The monoisotopic (exact) mass is 453 g/mol. The van der Waals surface area contributed by atoms with E-state index in [1.54, 1.807) is 11.8 Å². The molecule has 2 aromatic rings. The van der Waals surface area contributed by atoms with Gasteiger partial charge in [-0.1, -0.05) is 23.6 Å². The second-order valence-corrected chi connectivity index (χ2v) is 7.42. The van der Waals surface area contributed by atoms with Gasteiger partial charge in [0.05, 0.1) is 16.6 Å². The summed E-state index contributed by atoms with van der Waals surface area (Å²) >= 11 is 5.69. The molecule has 4 N–H and O–H groups in total. The third-order valence-electron chi connectivity index (χ3n) is 5.07. The molecule has 1 aromatic carbocycles. The lowest BCUT2D eigenvalue weighted by Gasteiger charge is -2.31. The van der Waals surface area contributed by atoms with Gasteiger partial charge in [0.1, 0.15) is 17.1 Å². The zero-order chi connectivity index (χ0) is 22.9. The van der Waals surface area contributed by atoms with E-state index < -0.39 is 22.7 Å². The summed E-state index contributed by atoms with van der Waals surface area (Å²) in [6.07, 6.45) is -3.72. The summed E-state index contributed by atoms with van der Waals surface area (Å²) in [4.78, 5) is 25.6. The van der Waals surface area contributed by atoms with Gasteiger partial charge in [-0.3, -0.25) is 9.59 Å². The molecule has 1 aliphatic rings. The average Bonchev–Trinajstić information content (AvgIpc) is 3.05. The molecule has 0 spiro atoms. The highest BCUT2D eigenvalue weighted by atomic mass is 35.5. The van der Waals surface area contributed by atoms with E-state index >= 15 is 0 Å². The number of likely N-dealkylation sites (tertiary alicyclic amines) is 1. The Labute approximate surface area is 181 Å². The van der Waals surface area contributed by atoms with Crippen LogP contribution in [0.5, 0.6) is 0 Å². The number of carbonyl (C=O) groups is 2. The van der Waals surface area contributed by atoms with Crippen molar-refractivity contribution >= 4 is 29.2 Å². The van der Waals surface area contributed by atoms with Crippen molar-refractivity contribution in [2.24, 2.45) is 5.73 Å². The van der Waals surface area contributed by atoms with Crippen molar-refractivity contribution in [2.75, 3.05) is 18.8 Å². The maximum absolute atomic E-state index is 13.3. The Kier molecular flexibility index (Phi) is 6.18. The fourth-order valence-corrected chi connectivity index (χ4v) is 3.78. The lowest BCUT2D eigenvalue weighted by Crippen LogP contribution is -2.38. The number of aromatic nitrogens is 2.